The van der Waals surface area contributed by atoms with Crippen molar-refractivity contribution in [3.8, 4) is 0 Å². The molecule has 1 nitrogen and oxygen atoms in total. The molecule has 0 heterocycles. The fraction of sp³-hybridized carbons (Fsp3) is 1.00. The Kier molecular flexibility index (Phi) is 96.6. The maximum atomic E-state index is 5.42. The van der Waals surface area contributed by atoms with E-state index in [-0.39, 0.29) is 41.5 Å². The average molecular weight is 363 g/mol. The van der Waals surface area contributed by atoms with Crippen LogP contribution in [-0.4, -0.2) is 24.5 Å². The molecule has 0 aromatic rings. The molecule has 0 saturated carbocycles. The van der Waals surface area contributed by atoms with Crippen LogP contribution >= 0.6 is 0 Å². The first-order valence-corrected chi connectivity index (χ1v) is 6.12. The van der Waals surface area contributed by atoms with Gasteiger partial charge in [-0.2, -0.15) is 0 Å². The number of halogens is 5. The summed E-state index contributed by atoms with van der Waals surface area (Å²) in [5, 5.41) is 0. The van der Waals surface area contributed by atoms with E-state index in [0.717, 1.165) is 6.54 Å². The van der Waals surface area contributed by atoms with Crippen LogP contribution in [0.25, 0.3) is 0 Å². The topological polar surface area (TPSA) is 26.0 Å². The SMILES string of the molecule is CCCCCCCCCCCCN.F.F.F.F.F.[AsH3]. The first kappa shape index (κ1) is 42.7. The molecule has 1 unspecified atom stereocenters. The van der Waals surface area contributed by atoms with Crippen LogP contribution in [0.3, 0.4) is 0 Å². The van der Waals surface area contributed by atoms with Crippen LogP contribution in [0, 0.1) is 0 Å². The van der Waals surface area contributed by atoms with Crippen LogP contribution < -0.4 is 5.73 Å². The van der Waals surface area contributed by atoms with Gasteiger partial charge >= 0.3 is 18.0 Å². The fourth-order valence-electron chi connectivity index (χ4n) is 1.63. The zero-order chi connectivity index (χ0) is 9.78. The molecular weight excluding hydrogens is 328 g/mol. The van der Waals surface area contributed by atoms with Gasteiger partial charge in [0.1, 0.15) is 0 Å². The van der Waals surface area contributed by atoms with Crippen molar-refractivity contribution in [3.63, 3.8) is 0 Å². The number of nitrogens with two attached hydrogens (primary N) is 1. The van der Waals surface area contributed by atoms with E-state index < -0.39 is 0 Å². The van der Waals surface area contributed by atoms with Gasteiger partial charge in [-0.3, -0.25) is 23.5 Å². The zero-order valence-electron chi connectivity index (χ0n) is 12.1. The molecule has 0 aliphatic carbocycles. The Morgan fingerprint density at radius 2 is 0.789 bits per heavy atom. The van der Waals surface area contributed by atoms with Gasteiger partial charge in [-0.05, 0) is 13.0 Å². The van der Waals surface area contributed by atoms with Crippen molar-refractivity contribution in [2.45, 2.75) is 71.1 Å². The standard InChI is InChI=1S/C12H27N.AsH3.5FH/c1-2-3-4-5-6-7-8-9-10-11-12-13;;;;;;/h2-13H2,1H3;1H3;5*1H. The van der Waals surface area contributed by atoms with Crippen molar-refractivity contribution in [1.82, 2.24) is 0 Å². The minimum atomic E-state index is 0. The van der Waals surface area contributed by atoms with Crippen LogP contribution in [0.15, 0.2) is 0 Å². The molecule has 0 aliphatic rings. The summed E-state index contributed by atoms with van der Waals surface area (Å²) in [6.07, 6.45) is 13.9. The second kappa shape index (κ2) is 42.9. The summed E-state index contributed by atoms with van der Waals surface area (Å²) in [5.74, 6) is 0. The first-order valence-electron chi connectivity index (χ1n) is 6.12. The van der Waals surface area contributed by atoms with E-state index in [1.807, 2.05) is 0 Å². The molecule has 2 N–H and O–H groups in total. The normalized spacial score (nSPS) is 7.26. The van der Waals surface area contributed by atoms with Gasteiger partial charge in [-0.25, -0.2) is 0 Å². The van der Waals surface area contributed by atoms with Gasteiger partial charge in [0.25, 0.3) is 0 Å². The molecule has 0 rings (SSSR count). The van der Waals surface area contributed by atoms with Gasteiger partial charge in [0.2, 0.25) is 0 Å². The molecule has 0 saturated heterocycles. The maximum absolute atomic E-state index is 5.42. The molecular formula is C12H35AsF5N. The summed E-state index contributed by atoms with van der Waals surface area (Å²) >= 11 is 0. The van der Waals surface area contributed by atoms with Crippen molar-refractivity contribution in [3.05, 3.63) is 0 Å². The Balaban J connectivity index is -0.0000000480. The van der Waals surface area contributed by atoms with Crippen LogP contribution in [0.2, 0.25) is 0 Å². The van der Waals surface area contributed by atoms with Crippen molar-refractivity contribution < 1.29 is 23.5 Å². The Hall–Kier alpha value is 0.168. The fourth-order valence-corrected chi connectivity index (χ4v) is 1.63. The van der Waals surface area contributed by atoms with E-state index in [1.54, 1.807) is 0 Å². The van der Waals surface area contributed by atoms with Gasteiger partial charge in [0.15, 0.2) is 0 Å². The summed E-state index contributed by atoms with van der Waals surface area (Å²) < 4.78 is 0. The first-order chi connectivity index (χ1) is 6.41. The van der Waals surface area contributed by atoms with Crippen LogP contribution in [0.1, 0.15) is 71.1 Å². The van der Waals surface area contributed by atoms with Crippen molar-refractivity contribution in [2.24, 2.45) is 5.73 Å². The molecule has 0 radical (unpaired) electrons. The van der Waals surface area contributed by atoms with Crippen LogP contribution in [-0.2, 0) is 0 Å². The van der Waals surface area contributed by atoms with Gasteiger partial charge in [0.05, 0.1) is 0 Å². The Labute approximate surface area is 125 Å². The second-order valence-corrected chi connectivity index (χ2v) is 3.97. The second-order valence-electron chi connectivity index (χ2n) is 3.97. The molecule has 0 aliphatic heterocycles. The van der Waals surface area contributed by atoms with Gasteiger partial charge in [0, 0.05) is 0 Å². The summed E-state index contributed by atoms with van der Waals surface area (Å²) in [6.45, 7) is 3.14. The molecule has 128 valence electrons. The van der Waals surface area contributed by atoms with Crippen molar-refractivity contribution in [1.29, 1.82) is 0 Å². The molecule has 19 heavy (non-hydrogen) atoms. The van der Waals surface area contributed by atoms with E-state index in [0.29, 0.717) is 0 Å². The van der Waals surface area contributed by atoms with E-state index >= 15 is 0 Å². The predicted molar refractivity (Wildman–Crippen MR) is 83.4 cm³/mol. The quantitative estimate of drug-likeness (QED) is 0.359. The Morgan fingerprint density at radius 3 is 1.05 bits per heavy atom. The molecule has 0 fully saturated rings. The zero-order valence-corrected chi connectivity index (χ0v) is 15.1. The molecule has 7 heteroatoms. The number of hydrogen-bond donors (Lipinski definition) is 1. The molecule has 0 aromatic heterocycles. The van der Waals surface area contributed by atoms with E-state index in [4.69, 9.17) is 5.73 Å². The van der Waals surface area contributed by atoms with Gasteiger partial charge in [-0.15, -0.1) is 0 Å². The predicted octanol–water partition coefficient (Wildman–Crippen LogP) is 3.44. The van der Waals surface area contributed by atoms with Gasteiger partial charge < -0.3 is 5.73 Å². The van der Waals surface area contributed by atoms with Crippen LogP contribution in [0.4, 0.5) is 23.5 Å². The average Bonchev–Trinajstić information content (AvgIpc) is 2.16. The van der Waals surface area contributed by atoms with E-state index in [1.165, 1.54) is 64.2 Å². The number of rotatable bonds is 10. The monoisotopic (exact) mass is 363 g/mol. The number of unbranched alkanes of at least 4 members (excludes halogenated alkanes) is 9. The third-order valence-corrected chi connectivity index (χ3v) is 2.56. The Morgan fingerprint density at radius 1 is 0.526 bits per heavy atom. The molecule has 0 amide bonds. The molecule has 0 spiro atoms. The molecule has 0 aromatic carbocycles. The van der Waals surface area contributed by atoms with Crippen LogP contribution in [0.5, 0.6) is 0 Å². The summed E-state index contributed by atoms with van der Waals surface area (Å²) in [5.41, 5.74) is 5.42. The Bertz CT molecular complexity index is 92.2. The van der Waals surface area contributed by atoms with E-state index in [2.05, 4.69) is 6.92 Å². The summed E-state index contributed by atoms with van der Waals surface area (Å²) in [4.78, 5) is 0. The van der Waals surface area contributed by atoms with E-state index in [9.17, 15) is 0 Å². The summed E-state index contributed by atoms with van der Waals surface area (Å²) in [7, 11) is 0. The third kappa shape index (κ3) is 45.9. The molecule has 1 atom stereocenters. The number of hydrogen-bond acceptors (Lipinski definition) is 1. The third-order valence-electron chi connectivity index (χ3n) is 2.56. The van der Waals surface area contributed by atoms with Gasteiger partial charge in [-0.1, -0.05) is 64.7 Å². The molecule has 0 bridgehead atoms. The van der Waals surface area contributed by atoms with Crippen molar-refractivity contribution >= 4 is 18.0 Å². The minimum absolute atomic E-state index is 0. The summed E-state index contributed by atoms with van der Waals surface area (Å²) in [6, 6.07) is 0. The van der Waals surface area contributed by atoms with Crippen molar-refractivity contribution in [2.75, 3.05) is 6.54 Å².